The van der Waals surface area contributed by atoms with Crippen molar-refractivity contribution in [3.63, 3.8) is 0 Å². The lowest BCUT2D eigenvalue weighted by Crippen LogP contribution is -2.41. The fourth-order valence-electron chi connectivity index (χ4n) is 3.08. The Morgan fingerprint density at radius 1 is 1.00 bits per heavy atom. The summed E-state index contributed by atoms with van der Waals surface area (Å²) < 4.78 is 22.6. The Bertz CT molecular complexity index is 923. The average molecular weight is 407 g/mol. The van der Waals surface area contributed by atoms with E-state index in [-0.39, 0.29) is 11.7 Å². The number of carbonyl (C=O) groups excluding carboxylic acids is 2. The van der Waals surface area contributed by atoms with Crippen molar-refractivity contribution in [3.05, 3.63) is 56.8 Å². The average Bonchev–Trinajstić information content (AvgIpc) is 2.89. The zero-order valence-electron chi connectivity index (χ0n) is 15.1. The van der Waals surface area contributed by atoms with Crippen LogP contribution in [-0.2, 0) is 28.4 Å². The summed E-state index contributed by atoms with van der Waals surface area (Å²) in [6.07, 6.45) is 6.71. The van der Waals surface area contributed by atoms with Crippen LogP contribution in [0.5, 0.6) is 0 Å². The normalized spacial score (nSPS) is 14.1. The van der Waals surface area contributed by atoms with E-state index < -0.39 is 15.7 Å². The highest BCUT2D eigenvalue weighted by Gasteiger charge is 2.17. The van der Waals surface area contributed by atoms with Gasteiger partial charge in [0.1, 0.15) is 0 Å². The first-order valence-electron chi connectivity index (χ1n) is 8.81. The van der Waals surface area contributed by atoms with Gasteiger partial charge in [-0.3, -0.25) is 20.4 Å². The number of amides is 2. The van der Waals surface area contributed by atoms with Crippen LogP contribution >= 0.6 is 11.3 Å². The van der Waals surface area contributed by atoms with Crippen LogP contribution in [0.2, 0.25) is 0 Å². The van der Waals surface area contributed by atoms with Gasteiger partial charge in [0.05, 0.1) is 10.6 Å². The van der Waals surface area contributed by atoms with Crippen molar-refractivity contribution in [3.8, 4) is 0 Å². The summed E-state index contributed by atoms with van der Waals surface area (Å²) in [5, 5.41) is 0. The first-order valence-corrected chi connectivity index (χ1v) is 11.7. The highest BCUT2D eigenvalue weighted by Crippen LogP contribution is 2.28. The number of sulfone groups is 1. The van der Waals surface area contributed by atoms with E-state index in [4.69, 9.17) is 0 Å². The van der Waals surface area contributed by atoms with E-state index in [0.29, 0.717) is 16.0 Å². The Labute approximate surface area is 162 Å². The van der Waals surface area contributed by atoms with Crippen molar-refractivity contribution in [2.75, 3.05) is 6.26 Å². The van der Waals surface area contributed by atoms with Crippen molar-refractivity contribution in [2.45, 2.75) is 37.9 Å². The fraction of sp³-hybridized carbons (Fsp3) is 0.368. The third-order valence-corrected chi connectivity index (χ3v) is 6.50. The van der Waals surface area contributed by atoms with Crippen molar-refractivity contribution in [1.29, 1.82) is 0 Å². The molecule has 8 heteroatoms. The SMILES string of the molecule is CS(=O)(=O)Cc1ccc(C(=O)NNC(=O)c2cc3c(s2)CCCCC3)cc1. The molecule has 144 valence electrons. The Hall–Kier alpha value is -2.19. The highest BCUT2D eigenvalue weighted by molar-refractivity contribution is 7.89. The number of thiophene rings is 1. The number of carbonyl (C=O) groups is 2. The molecular formula is C19H22N2O4S2. The molecule has 3 rings (SSSR count). The van der Waals surface area contributed by atoms with Gasteiger partial charge in [0, 0.05) is 16.7 Å². The molecule has 0 saturated heterocycles. The van der Waals surface area contributed by atoms with Crippen molar-refractivity contribution in [2.24, 2.45) is 0 Å². The van der Waals surface area contributed by atoms with Gasteiger partial charge in [0.25, 0.3) is 11.8 Å². The summed E-state index contributed by atoms with van der Waals surface area (Å²) in [6, 6.07) is 8.18. The van der Waals surface area contributed by atoms with Crippen LogP contribution in [0.3, 0.4) is 0 Å². The molecule has 2 amide bonds. The zero-order chi connectivity index (χ0) is 19.4. The second kappa shape index (κ2) is 8.22. The summed E-state index contributed by atoms with van der Waals surface area (Å²) in [6.45, 7) is 0. The van der Waals surface area contributed by atoms with Crippen LogP contribution in [0.25, 0.3) is 0 Å². The lowest BCUT2D eigenvalue weighted by molar-refractivity contribution is 0.0849. The monoisotopic (exact) mass is 406 g/mol. The lowest BCUT2D eigenvalue weighted by atomic mass is 10.1. The minimum atomic E-state index is -3.12. The molecule has 1 aliphatic rings. The number of hydrogen-bond donors (Lipinski definition) is 2. The van der Waals surface area contributed by atoms with Crippen LogP contribution in [-0.4, -0.2) is 26.5 Å². The minimum Gasteiger partial charge on any atom is -0.267 e. The number of nitrogens with one attached hydrogen (secondary N) is 2. The molecule has 1 aromatic heterocycles. The van der Waals surface area contributed by atoms with Gasteiger partial charge < -0.3 is 0 Å². The van der Waals surface area contributed by atoms with Crippen LogP contribution in [0.15, 0.2) is 30.3 Å². The quantitative estimate of drug-likeness (QED) is 0.603. The summed E-state index contributed by atoms with van der Waals surface area (Å²) in [7, 11) is -3.12. The summed E-state index contributed by atoms with van der Waals surface area (Å²) in [5.41, 5.74) is 7.06. The van der Waals surface area contributed by atoms with Crippen LogP contribution in [0.4, 0.5) is 0 Å². The predicted molar refractivity (Wildman–Crippen MR) is 106 cm³/mol. The van der Waals surface area contributed by atoms with Gasteiger partial charge in [-0.2, -0.15) is 0 Å². The molecule has 27 heavy (non-hydrogen) atoms. The van der Waals surface area contributed by atoms with Crippen molar-refractivity contribution < 1.29 is 18.0 Å². The Kier molecular flexibility index (Phi) is 5.96. The third kappa shape index (κ3) is 5.40. The van der Waals surface area contributed by atoms with E-state index in [1.54, 1.807) is 12.1 Å². The molecule has 0 fully saturated rings. The van der Waals surface area contributed by atoms with E-state index >= 15 is 0 Å². The Morgan fingerprint density at radius 3 is 2.37 bits per heavy atom. The first kappa shape index (κ1) is 19.6. The number of aryl methyl sites for hydroxylation is 2. The topological polar surface area (TPSA) is 92.3 Å². The predicted octanol–water partition coefficient (Wildman–Crippen LogP) is 2.64. The van der Waals surface area contributed by atoms with Gasteiger partial charge in [0.2, 0.25) is 0 Å². The minimum absolute atomic E-state index is 0.0747. The number of benzene rings is 1. The fourth-order valence-corrected chi connectivity index (χ4v) is 5.03. The number of fused-ring (bicyclic) bond motifs is 1. The molecule has 1 aliphatic carbocycles. The standard InChI is InChI=1S/C19H22N2O4S2/c1-27(24,25)12-13-7-9-14(10-8-13)18(22)20-21-19(23)17-11-15-5-3-2-4-6-16(15)26-17/h7-11H,2-6,12H2,1H3,(H,20,22)(H,21,23). The smallest absolute Gasteiger partial charge is 0.267 e. The highest BCUT2D eigenvalue weighted by atomic mass is 32.2. The maximum absolute atomic E-state index is 12.3. The van der Waals surface area contributed by atoms with Gasteiger partial charge in [-0.25, -0.2) is 8.42 Å². The summed E-state index contributed by atoms with van der Waals surface area (Å²) in [4.78, 5) is 26.4. The molecule has 2 N–H and O–H groups in total. The molecule has 1 heterocycles. The van der Waals surface area contributed by atoms with Gasteiger partial charge >= 0.3 is 0 Å². The third-order valence-electron chi connectivity index (χ3n) is 4.40. The molecule has 0 atom stereocenters. The maximum atomic E-state index is 12.3. The van der Waals surface area contributed by atoms with Gasteiger partial charge in [-0.05, 0) is 55.0 Å². The zero-order valence-corrected chi connectivity index (χ0v) is 16.7. The van der Waals surface area contributed by atoms with Gasteiger partial charge in [-0.15, -0.1) is 11.3 Å². The van der Waals surface area contributed by atoms with Crippen LogP contribution in [0.1, 0.15) is 55.3 Å². The molecule has 0 radical (unpaired) electrons. The van der Waals surface area contributed by atoms with Crippen molar-refractivity contribution >= 4 is 33.0 Å². The van der Waals surface area contributed by atoms with E-state index in [1.807, 2.05) is 6.07 Å². The molecule has 0 unspecified atom stereocenters. The second-order valence-corrected chi connectivity index (χ2v) is 10.1. The largest absolute Gasteiger partial charge is 0.279 e. The molecule has 1 aromatic carbocycles. The molecule has 0 aliphatic heterocycles. The van der Waals surface area contributed by atoms with Crippen LogP contribution < -0.4 is 10.9 Å². The van der Waals surface area contributed by atoms with E-state index in [9.17, 15) is 18.0 Å². The molecular weight excluding hydrogens is 384 g/mol. The Morgan fingerprint density at radius 2 is 1.67 bits per heavy atom. The van der Waals surface area contributed by atoms with E-state index in [2.05, 4.69) is 10.9 Å². The molecule has 6 nitrogen and oxygen atoms in total. The van der Waals surface area contributed by atoms with E-state index in [1.165, 1.54) is 40.3 Å². The Balaban J connectivity index is 1.58. The maximum Gasteiger partial charge on any atom is 0.279 e. The first-order chi connectivity index (χ1) is 12.8. The van der Waals surface area contributed by atoms with Crippen LogP contribution in [0, 0.1) is 0 Å². The molecule has 0 bridgehead atoms. The number of hydrazine groups is 1. The van der Waals surface area contributed by atoms with E-state index in [0.717, 1.165) is 31.9 Å². The number of hydrogen-bond acceptors (Lipinski definition) is 5. The van der Waals surface area contributed by atoms with Gasteiger partial charge in [-0.1, -0.05) is 18.6 Å². The summed E-state index contributed by atoms with van der Waals surface area (Å²) in [5.74, 6) is -0.850. The molecule has 0 saturated carbocycles. The second-order valence-electron chi connectivity index (χ2n) is 6.79. The van der Waals surface area contributed by atoms with Crippen molar-refractivity contribution in [1.82, 2.24) is 10.9 Å². The lowest BCUT2D eigenvalue weighted by Gasteiger charge is -2.07. The van der Waals surface area contributed by atoms with Gasteiger partial charge in [0.15, 0.2) is 9.84 Å². The molecule has 0 spiro atoms. The number of rotatable bonds is 4. The summed E-state index contributed by atoms with van der Waals surface area (Å²) >= 11 is 1.49. The molecule has 2 aromatic rings.